The van der Waals surface area contributed by atoms with E-state index in [1.54, 1.807) is 24.3 Å². The third kappa shape index (κ3) is 3.77. The van der Waals surface area contributed by atoms with Gasteiger partial charge in [-0.2, -0.15) is 4.31 Å². The van der Waals surface area contributed by atoms with Crippen molar-refractivity contribution in [2.45, 2.75) is 32.2 Å². The smallest absolute Gasteiger partial charge is 0.246 e. The highest BCUT2D eigenvalue weighted by molar-refractivity contribution is 7.89. The molecule has 2 aromatic rings. The zero-order valence-electron chi connectivity index (χ0n) is 15.4. The van der Waals surface area contributed by atoms with Gasteiger partial charge in [-0.25, -0.2) is 8.42 Å². The number of aryl methyl sites for hydroxylation is 2. The molecule has 0 amide bonds. The first-order valence-electron chi connectivity index (χ1n) is 8.79. The van der Waals surface area contributed by atoms with Gasteiger partial charge in [0, 0.05) is 38.3 Å². The van der Waals surface area contributed by atoms with E-state index in [2.05, 4.69) is 10.1 Å². The first kappa shape index (κ1) is 18.9. The molecule has 0 N–H and O–H groups in total. The van der Waals surface area contributed by atoms with Crippen LogP contribution in [0.4, 0.5) is 0 Å². The summed E-state index contributed by atoms with van der Waals surface area (Å²) in [5, 5.41) is 3.98. The number of aromatic nitrogens is 1. The van der Waals surface area contributed by atoms with Gasteiger partial charge in [0.1, 0.15) is 16.4 Å². The molecule has 8 heteroatoms. The highest BCUT2D eigenvalue weighted by Crippen LogP contribution is 2.27. The van der Waals surface area contributed by atoms with E-state index in [1.165, 1.54) is 4.31 Å². The lowest BCUT2D eigenvalue weighted by Crippen LogP contribution is -2.48. The van der Waals surface area contributed by atoms with E-state index in [9.17, 15) is 8.42 Å². The Morgan fingerprint density at radius 1 is 1.15 bits per heavy atom. The van der Waals surface area contributed by atoms with E-state index in [-0.39, 0.29) is 4.90 Å². The van der Waals surface area contributed by atoms with Crippen molar-refractivity contribution in [3.63, 3.8) is 0 Å². The molecule has 1 saturated heterocycles. The fourth-order valence-corrected chi connectivity index (χ4v) is 4.71. The van der Waals surface area contributed by atoms with Crippen molar-refractivity contribution < 1.29 is 17.7 Å². The van der Waals surface area contributed by atoms with E-state index in [0.29, 0.717) is 38.5 Å². The Bertz CT molecular complexity index is 836. The average molecular weight is 379 g/mol. The fraction of sp³-hybridized carbons (Fsp3) is 0.500. The van der Waals surface area contributed by atoms with Gasteiger partial charge in [0.15, 0.2) is 0 Å². The lowest BCUT2D eigenvalue weighted by Gasteiger charge is -2.34. The number of para-hydroxylation sites is 1. The zero-order chi connectivity index (χ0) is 18.7. The summed E-state index contributed by atoms with van der Waals surface area (Å²) in [6, 6.07) is 6.81. The molecule has 26 heavy (non-hydrogen) atoms. The topological polar surface area (TPSA) is 75.9 Å². The van der Waals surface area contributed by atoms with Gasteiger partial charge in [-0.15, -0.1) is 0 Å². The van der Waals surface area contributed by atoms with Crippen LogP contribution < -0.4 is 4.74 Å². The summed E-state index contributed by atoms with van der Waals surface area (Å²) in [5.41, 5.74) is 1.98. The monoisotopic (exact) mass is 379 g/mol. The molecule has 0 bridgehead atoms. The Hall–Kier alpha value is -1.90. The van der Waals surface area contributed by atoms with Crippen molar-refractivity contribution in [1.82, 2.24) is 14.4 Å². The first-order chi connectivity index (χ1) is 12.4. The molecule has 1 aromatic heterocycles. The van der Waals surface area contributed by atoms with E-state index < -0.39 is 10.0 Å². The molecule has 0 saturated carbocycles. The lowest BCUT2D eigenvalue weighted by atomic mass is 10.2. The van der Waals surface area contributed by atoms with Crippen LogP contribution in [0.3, 0.4) is 0 Å². The van der Waals surface area contributed by atoms with Gasteiger partial charge < -0.3 is 9.26 Å². The van der Waals surface area contributed by atoms with Gasteiger partial charge >= 0.3 is 0 Å². The van der Waals surface area contributed by atoms with Crippen molar-refractivity contribution in [3.05, 3.63) is 41.3 Å². The average Bonchev–Trinajstić information content (AvgIpc) is 2.95. The van der Waals surface area contributed by atoms with Gasteiger partial charge in [0.2, 0.25) is 10.0 Å². The minimum atomic E-state index is -3.57. The lowest BCUT2D eigenvalue weighted by molar-refractivity contribution is 0.180. The maximum atomic E-state index is 13.0. The number of benzene rings is 1. The molecular weight excluding hydrogens is 354 g/mol. The minimum Gasteiger partial charge on any atom is -0.492 e. The number of rotatable bonds is 6. The van der Waals surface area contributed by atoms with Crippen molar-refractivity contribution in [1.29, 1.82) is 0 Å². The molecule has 0 aliphatic carbocycles. The first-order valence-corrected chi connectivity index (χ1v) is 10.2. The number of nitrogens with zero attached hydrogens (tertiary/aromatic N) is 3. The van der Waals surface area contributed by atoms with Crippen LogP contribution in [0.5, 0.6) is 5.75 Å². The molecule has 1 aromatic carbocycles. The zero-order valence-corrected chi connectivity index (χ0v) is 16.3. The fourth-order valence-electron chi connectivity index (χ4n) is 3.16. The molecular formula is C18H25N3O4S. The SMILES string of the molecule is CCOc1ccccc1S(=O)(=O)N1CCN(Cc2c(C)noc2C)CC1. The van der Waals surface area contributed by atoms with Gasteiger partial charge in [0.05, 0.1) is 12.3 Å². The van der Waals surface area contributed by atoms with Crippen LogP contribution in [0.1, 0.15) is 23.9 Å². The van der Waals surface area contributed by atoms with Crippen LogP contribution in [0.25, 0.3) is 0 Å². The second-order valence-corrected chi connectivity index (χ2v) is 8.27. The van der Waals surface area contributed by atoms with E-state index >= 15 is 0 Å². The second-order valence-electron chi connectivity index (χ2n) is 6.36. The molecule has 7 nitrogen and oxygen atoms in total. The van der Waals surface area contributed by atoms with Crippen molar-refractivity contribution >= 4 is 10.0 Å². The molecule has 2 heterocycles. The number of piperazine rings is 1. The molecule has 1 aliphatic heterocycles. The molecule has 0 spiro atoms. The van der Waals surface area contributed by atoms with Crippen LogP contribution in [-0.2, 0) is 16.6 Å². The Balaban J connectivity index is 1.69. The Kier molecular flexibility index (Phi) is 5.64. The van der Waals surface area contributed by atoms with Gasteiger partial charge in [-0.05, 0) is 32.9 Å². The standard InChI is InChI=1S/C18H25N3O4S/c1-4-24-17-7-5-6-8-18(17)26(22,23)21-11-9-20(10-12-21)13-16-14(2)19-25-15(16)3/h5-8H,4,9-13H2,1-3H3. The van der Waals surface area contributed by atoms with Gasteiger partial charge in [-0.1, -0.05) is 17.3 Å². The van der Waals surface area contributed by atoms with E-state index in [0.717, 1.165) is 23.6 Å². The number of hydrogen-bond donors (Lipinski definition) is 0. The van der Waals surface area contributed by atoms with Crippen LogP contribution in [-0.4, -0.2) is 55.6 Å². The van der Waals surface area contributed by atoms with Crippen LogP contribution in [0.2, 0.25) is 0 Å². The summed E-state index contributed by atoms with van der Waals surface area (Å²) in [6.07, 6.45) is 0. The van der Waals surface area contributed by atoms with Crippen molar-refractivity contribution in [2.75, 3.05) is 32.8 Å². The van der Waals surface area contributed by atoms with Crippen molar-refractivity contribution in [2.24, 2.45) is 0 Å². The second kappa shape index (κ2) is 7.77. The maximum Gasteiger partial charge on any atom is 0.246 e. The third-order valence-corrected chi connectivity index (χ3v) is 6.60. The number of sulfonamides is 1. The molecule has 0 atom stereocenters. The molecule has 3 rings (SSSR count). The maximum absolute atomic E-state index is 13.0. The van der Waals surface area contributed by atoms with Gasteiger partial charge in [0.25, 0.3) is 0 Å². The predicted octanol–water partition coefficient (Wildman–Crippen LogP) is 2.20. The summed E-state index contributed by atoms with van der Waals surface area (Å²) in [6.45, 7) is 9.07. The quantitative estimate of drug-likeness (QED) is 0.766. The van der Waals surface area contributed by atoms with Crippen LogP contribution in [0.15, 0.2) is 33.7 Å². The Labute approximate surface area is 154 Å². The largest absolute Gasteiger partial charge is 0.492 e. The minimum absolute atomic E-state index is 0.237. The van der Waals surface area contributed by atoms with Crippen LogP contribution >= 0.6 is 0 Å². The summed E-state index contributed by atoms with van der Waals surface area (Å²) < 4.78 is 38.3. The molecule has 0 unspecified atom stereocenters. The third-order valence-electron chi connectivity index (χ3n) is 4.66. The summed E-state index contributed by atoms with van der Waals surface area (Å²) in [4.78, 5) is 2.47. The molecule has 0 radical (unpaired) electrons. The Morgan fingerprint density at radius 2 is 1.85 bits per heavy atom. The van der Waals surface area contributed by atoms with Crippen molar-refractivity contribution in [3.8, 4) is 5.75 Å². The molecule has 142 valence electrons. The normalized spacial score (nSPS) is 16.7. The highest BCUT2D eigenvalue weighted by atomic mass is 32.2. The summed E-state index contributed by atoms with van der Waals surface area (Å²) in [7, 11) is -3.57. The summed E-state index contributed by atoms with van der Waals surface area (Å²) in [5.74, 6) is 1.23. The number of ether oxygens (including phenoxy) is 1. The Morgan fingerprint density at radius 3 is 2.46 bits per heavy atom. The highest BCUT2D eigenvalue weighted by Gasteiger charge is 2.31. The van der Waals surface area contributed by atoms with Crippen LogP contribution in [0, 0.1) is 13.8 Å². The molecule has 1 aliphatic rings. The van der Waals surface area contributed by atoms with E-state index in [4.69, 9.17) is 9.26 Å². The van der Waals surface area contributed by atoms with E-state index in [1.807, 2.05) is 20.8 Å². The molecule has 1 fully saturated rings. The van der Waals surface area contributed by atoms with Gasteiger partial charge in [-0.3, -0.25) is 4.90 Å². The number of hydrogen-bond acceptors (Lipinski definition) is 6. The predicted molar refractivity (Wildman–Crippen MR) is 97.6 cm³/mol. The summed E-state index contributed by atoms with van der Waals surface area (Å²) >= 11 is 0.